The molecule has 0 bridgehead atoms. The Hall–Kier alpha value is -2.21. The van der Waals surface area contributed by atoms with Gasteiger partial charge in [-0.2, -0.15) is 0 Å². The molecule has 3 N–H and O–H groups in total. The summed E-state index contributed by atoms with van der Waals surface area (Å²) >= 11 is 0. The van der Waals surface area contributed by atoms with Crippen molar-refractivity contribution in [2.24, 2.45) is 5.92 Å². The van der Waals surface area contributed by atoms with Crippen molar-refractivity contribution in [2.45, 2.75) is 77.5 Å². The topological polar surface area (TPSA) is 78.8 Å². The molecule has 2 atom stereocenters. The summed E-state index contributed by atoms with van der Waals surface area (Å²) in [6, 6.07) is 14.6. The summed E-state index contributed by atoms with van der Waals surface area (Å²) in [6.45, 7) is 9.09. The van der Waals surface area contributed by atoms with Crippen LogP contribution in [-0.2, 0) is 28.8 Å². The zero-order valence-electron chi connectivity index (χ0n) is 20.4. The third-order valence-corrected chi connectivity index (χ3v) is 6.72. The van der Waals surface area contributed by atoms with E-state index in [-0.39, 0.29) is 24.7 Å². The van der Waals surface area contributed by atoms with Gasteiger partial charge >= 0.3 is 5.97 Å². The number of β-amino-alcohol motifs (C(OH)–C–C–N with tert-alkyl or cyclic N) is 1. The van der Waals surface area contributed by atoms with E-state index in [0.29, 0.717) is 18.9 Å². The van der Waals surface area contributed by atoms with E-state index < -0.39 is 12.1 Å². The van der Waals surface area contributed by atoms with Crippen LogP contribution in [0.4, 0.5) is 0 Å². The lowest BCUT2D eigenvalue weighted by atomic mass is 9.88. The van der Waals surface area contributed by atoms with E-state index in [4.69, 9.17) is 9.84 Å². The Labute approximate surface area is 198 Å². The number of aryl methyl sites for hydroxylation is 2. The quantitative estimate of drug-likeness (QED) is 0.437. The van der Waals surface area contributed by atoms with Crippen LogP contribution < -0.4 is 5.32 Å². The van der Waals surface area contributed by atoms with Crippen molar-refractivity contribution in [3.8, 4) is 0 Å². The summed E-state index contributed by atoms with van der Waals surface area (Å²) in [5.41, 5.74) is 5.98. The van der Waals surface area contributed by atoms with Crippen LogP contribution in [0.2, 0.25) is 0 Å². The van der Waals surface area contributed by atoms with E-state index in [1.807, 2.05) is 32.0 Å². The minimum Gasteiger partial charge on any atom is -0.481 e. The van der Waals surface area contributed by atoms with Gasteiger partial charge in [0.2, 0.25) is 0 Å². The van der Waals surface area contributed by atoms with E-state index in [2.05, 4.69) is 43.4 Å². The Morgan fingerprint density at radius 1 is 1.15 bits per heavy atom. The van der Waals surface area contributed by atoms with Gasteiger partial charge in [-0.05, 0) is 87.1 Å². The molecule has 0 aromatic heterocycles. The lowest BCUT2D eigenvalue weighted by Gasteiger charge is -2.31. The molecule has 1 aliphatic carbocycles. The van der Waals surface area contributed by atoms with Crippen LogP contribution in [0.15, 0.2) is 42.5 Å². The van der Waals surface area contributed by atoms with Crippen LogP contribution in [0, 0.1) is 12.8 Å². The normalized spacial score (nSPS) is 15.9. The maximum absolute atomic E-state index is 11.0. The van der Waals surface area contributed by atoms with Crippen molar-refractivity contribution in [2.75, 3.05) is 13.2 Å². The minimum atomic E-state index is -0.804. The molecule has 0 aliphatic heterocycles. The second-order valence-electron chi connectivity index (χ2n) is 10.2. The van der Waals surface area contributed by atoms with Gasteiger partial charge < -0.3 is 20.3 Å². The first-order valence-electron chi connectivity index (χ1n) is 12.1. The van der Waals surface area contributed by atoms with E-state index >= 15 is 0 Å². The standard InChI is InChI=1S/C28H39NO4/c1-19-8-7-11-22(12-13-26(31)32)27(19)20(2)33-18-25(30)17-29-28(3,4)16-21-14-23-9-5-6-10-24(23)15-21/h5-11,20-21,25,29-30H,12-18H2,1-4H3,(H,31,32)/t20?,25-/m1/s1. The predicted molar refractivity (Wildman–Crippen MR) is 132 cm³/mol. The van der Waals surface area contributed by atoms with Gasteiger partial charge in [-0.3, -0.25) is 4.79 Å². The van der Waals surface area contributed by atoms with Crippen LogP contribution in [0.1, 0.15) is 67.5 Å². The lowest BCUT2D eigenvalue weighted by Crippen LogP contribution is -2.45. The first-order chi connectivity index (χ1) is 15.6. The van der Waals surface area contributed by atoms with Gasteiger partial charge in [0.15, 0.2) is 0 Å². The SMILES string of the molecule is Cc1cccc(CCC(=O)O)c1C(C)OC[C@H](O)CNC(C)(C)CC1Cc2ccccc2C1. The van der Waals surface area contributed by atoms with E-state index in [1.54, 1.807) is 0 Å². The third-order valence-electron chi connectivity index (χ3n) is 6.72. The predicted octanol–water partition coefficient (Wildman–Crippen LogP) is 4.62. The average molecular weight is 454 g/mol. The fourth-order valence-corrected chi connectivity index (χ4v) is 5.16. The number of benzene rings is 2. The zero-order chi connectivity index (χ0) is 24.0. The van der Waals surface area contributed by atoms with Gasteiger partial charge in [-0.25, -0.2) is 0 Å². The van der Waals surface area contributed by atoms with Crippen molar-refractivity contribution >= 4 is 5.97 Å². The summed E-state index contributed by atoms with van der Waals surface area (Å²) < 4.78 is 6.02. The molecule has 0 saturated carbocycles. The van der Waals surface area contributed by atoms with Gasteiger partial charge in [0.25, 0.3) is 0 Å². The first-order valence-corrected chi connectivity index (χ1v) is 12.1. The first kappa shape index (κ1) is 25.4. The maximum atomic E-state index is 11.0. The summed E-state index contributed by atoms with van der Waals surface area (Å²) in [7, 11) is 0. The van der Waals surface area contributed by atoms with Crippen LogP contribution >= 0.6 is 0 Å². The zero-order valence-corrected chi connectivity index (χ0v) is 20.4. The molecular formula is C28H39NO4. The third kappa shape index (κ3) is 7.39. The van der Waals surface area contributed by atoms with Crippen molar-refractivity contribution in [1.82, 2.24) is 5.32 Å². The number of carbonyl (C=O) groups is 1. The Morgan fingerprint density at radius 2 is 1.82 bits per heavy atom. The van der Waals surface area contributed by atoms with Gasteiger partial charge in [-0.15, -0.1) is 0 Å². The number of ether oxygens (including phenoxy) is 1. The number of hydrogen-bond donors (Lipinski definition) is 3. The molecule has 1 unspecified atom stereocenters. The summed E-state index contributed by atoms with van der Waals surface area (Å²) in [5.74, 6) is -0.176. The molecular weight excluding hydrogens is 414 g/mol. The maximum Gasteiger partial charge on any atom is 0.303 e. The van der Waals surface area contributed by atoms with Crippen molar-refractivity contribution in [3.05, 3.63) is 70.3 Å². The molecule has 0 spiro atoms. The molecule has 3 rings (SSSR count). The fraction of sp³-hybridized carbons (Fsp3) is 0.536. The smallest absolute Gasteiger partial charge is 0.303 e. The van der Waals surface area contributed by atoms with E-state index in [0.717, 1.165) is 36.0 Å². The number of carboxylic acids is 1. The van der Waals surface area contributed by atoms with Gasteiger partial charge in [0.05, 0.1) is 18.8 Å². The number of aliphatic hydroxyl groups excluding tert-OH is 1. The van der Waals surface area contributed by atoms with Crippen LogP contribution in [-0.4, -0.2) is 41.0 Å². The number of rotatable bonds is 12. The molecule has 5 heteroatoms. The second kappa shape index (κ2) is 11.3. The average Bonchev–Trinajstić information content (AvgIpc) is 3.16. The van der Waals surface area contributed by atoms with Crippen molar-refractivity contribution in [3.63, 3.8) is 0 Å². The van der Waals surface area contributed by atoms with Crippen molar-refractivity contribution < 1.29 is 19.7 Å². The largest absolute Gasteiger partial charge is 0.481 e. The second-order valence-corrected chi connectivity index (χ2v) is 10.2. The molecule has 0 radical (unpaired) electrons. The lowest BCUT2D eigenvalue weighted by molar-refractivity contribution is -0.136. The van der Waals surface area contributed by atoms with Crippen LogP contribution in [0.3, 0.4) is 0 Å². The Balaban J connectivity index is 1.46. The molecule has 1 aliphatic rings. The molecule has 5 nitrogen and oxygen atoms in total. The van der Waals surface area contributed by atoms with Gasteiger partial charge in [0.1, 0.15) is 0 Å². The molecule has 180 valence electrons. The number of fused-ring (bicyclic) bond motifs is 1. The summed E-state index contributed by atoms with van der Waals surface area (Å²) in [5, 5.41) is 23.1. The Morgan fingerprint density at radius 3 is 2.45 bits per heavy atom. The summed E-state index contributed by atoms with van der Waals surface area (Å²) in [6.07, 6.45) is 3.06. The molecule has 2 aromatic rings. The van der Waals surface area contributed by atoms with Gasteiger partial charge in [-0.1, -0.05) is 42.5 Å². The highest BCUT2D eigenvalue weighted by molar-refractivity contribution is 5.67. The van der Waals surface area contributed by atoms with Gasteiger partial charge in [0, 0.05) is 18.5 Å². The summed E-state index contributed by atoms with van der Waals surface area (Å²) in [4.78, 5) is 11.0. The number of aliphatic hydroxyl groups is 1. The number of hydrogen-bond acceptors (Lipinski definition) is 4. The van der Waals surface area contributed by atoms with E-state index in [1.165, 1.54) is 11.1 Å². The number of nitrogens with one attached hydrogen (secondary N) is 1. The molecule has 0 amide bonds. The highest BCUT2D eigenvalue weighted by Gasteiger charge is 2.28. The number of carboxylic acid groups (broad SMARTS) is 1. The molecule has 2 aromatic carbocycles. The monoisotopic (exact) mass is 453 g/mol. The highest BCUT2D eigenvalue weighted by Crippen LogP contribution is 2.32. The van der Waals surface area contributed by atoms with E-state index in [9.17, 15) is 9.90 Å². The minimum absolute atomic E-state index is 0.0701. The van der Waals surface area contributed by atoms with Crippen molar-refractivity contribution in [1.29, 1.82) is 0 Å². The van der Waals surface area contributed by atoms with Crippen LogP contribution in [0.5, 0.6) is 0 Å². The highest BCUT2D eigenvalue weighted by atomic mass is 16.5. The molecule has 0 heterocycles. The molecule has 33 heavy (non-hydrogen) atoms. The van der Waals surface area contributed by atoms with Crippen LogP contribution in [0.25, 0.3) is 0 Å². The molecule has 0 saturated heterocycles. The fourth-order valence-electron chi connectivity index (χ4n) is 5.16. The molecule has 0 fully saturated rings. The number of aliphatic carboxylic acids is 1. The Kier molecular flexibility index (Phi) is 8.69. The Bertz CT molecular complexity index is 914.